The smallest absolute Gasteiger partial charge is 0.403 e. The molecule has 1 heterocycles. The van der Waals surface area contributed by atoms with E-state index in [0.717, 1.165) is 18.9 Å². The number of rotatable bonds is 3. The fourth-order valence-corrected chi connectivity index (χ4v) is 1.71. The van der Waals surface area contributed by atoms with Crippen molar-refractivity contribution in [3.05, 3.63) is 29.8 Å². The summed E-state index contributed by atoms with van der Waals surface area (Å²) in [5.41, 5.74) is -0.886. The van der Waals surface area contributed by atoms with Crippen LogP contribution in [0, 0.1) is 0 Å². The van der Waals surface area contributed by atoms with Crippen molar-refractivity contribution in [3.63, 3.8) is 0 Å². The lowest BCUT2D eigenvalue weighted by atomic mass is 10.1. The Bertz CT molecular complexity index is 590. The zero-order chi connectivity index (χ0) is 13.5. The molecule has 100 valence electrons. The van der Waals surface area contributed by atoms with E-state index in [1.807, 2.05) is 0 Å². The third kappa shape index (κ3) is 2.54. The number of hydrogen-bond acceptors (Lipinski definition) is 4. The molecule has 0 radical (unpaired) electrons. The Balaban J connectivity index is 1.94. The lowest BCUT2D eigenvalue weighted by Crippen LogP contribution is -2.06. The van der Waals surface area contributed by atoms with Gasteiger partial charge >= 0.3 is 12.2 Å². The fraction of sp³-hybridized carbons (Fsp3) is 0.333. The zero-order valence-electron chi connectivity index (χ0n) is 9.74. The molecule has 1 aromatic heterocycles. The number of aromatic nitrogens is 2. The van der Waals surface area contributed by atoms with Crippen molar-refractivity contribution in [2.45, 2.75) is 25.1 Å². The van der Waals surface area contributed by atoms with E-state index >= 15 is 0 Å². The molecule has 0 saturated heterocycles. The molecule has 1 fully saturated rings. The highest BCUT2D eigenvalue weighted by molar-refractivity contribution is 5.59. The Morgan fingerprint density at radius 1 is 1.16 bits per heavy atom. The van der Waals surface area contributed by atoms with E-state index in [0.29, 0.717) is 6.04 Å². The molecule has 0 unspecified atom stereocenters. The Morgan fingerprint density at radius 3 is 2.58 bits per heavy atom. The van der Waals surface area contributed by atoms with Gasteiger partial charge in [0.1, 0.15) is 0 Å². The van der Waals surface area contributed by atoms with Crippen LogP contribution >= 0.6 is 0 Å². The molecule has 0 atom stereocenters. The van der Waals surface area contributed by atoms with Crippen molar-refractivity contribution in [3.8, 4) is 11.5 Å². The highest BCUT2D eigenvalue weighted by atomic mass is 19.4. The van der Waals surface area contributed by atoms with Crippen molar-refractivity contribution in [2.75, 3.05) is 5.32 Å². The van der Waals surface area contributed by atoms with Gasteiger partial charge in [0.15, 0.2) is 0 Å². The van der Waals surface area contributed by atoms with Crippen LogP contribution in [0.3, 0.4) is 0 Å². The number of alkyl halides is 3. The molecule has 0 amide bonds. The summed E-state index contributed by atoms with van der Waals surface area (Å²) < 4.78 is 43.8. The highest BCUT2D eigenvalue weighted by Crippen LogP contribution is 2.37. The highest BCUT2D eigenvalue weighted by Gasteiger charge is 2.35. The normalized spacial score (nSPS) is 15.5. The maximum absolute atomic E-state index is 12.9. The van der Waals surface area contributed by atoms with Gasteiger partial charge in [0.2, 0.25) is 5.89 Å². The summed E-state index contributed by atoms with van der Waals surface area (Å²) in [6.45, 7) is 0. The van der Waals surface area contributed by atoms with Gasteiger partial charge in [0, 0.05) is 6.04 Å². The minimum absolute atomic E-state index is 0.105. The molecular weight excluding hydrogens is 259 g/mol. The van der Waals surface area contributed by atoms with Gasteiger partial charge in [-0.3, -0.25) is 0 Å². The summed E-state index contributed by atoms with van der Waals surface area (Å²) in [5.74, 6) is -0.129. The fourth-order valence-electron chi connectivity index (χ4n) is 1.71. The molecule has 19 heavy (non-hydrogen) atoms. The zero-order valence-corrected chi connectivity index (χ0v) is 9.74. The number of nitrogens with one attached hydrogen (secondary N) is 1. The van der Waals surface area contributed by atoms with Crippen molar-refractivity contribution < 1.29 is 17.6 Å². The number of halogens is 3. The number of nitrogens with zero attached hydrogens (tertiary/aromatic N) is 2. The largest absolute Gasteiger partial charge is 0.417 e. The van der Waals surface area contributed by atoms with Gasteiger partial charge in [-0.2, -0.15) is 13.2 Å². The minimum atomic E-state index is -4.45. The first kappa shape index (κ1) is 12.0. The second-order valence-electron chi connectivity index (χ2n) is 4.37. The molecule has 4 nitrogen and oxygen atoms in total. The molecule has 1 saturated carbocycles. The van der Waals surface area contributed by atoms with Crippen LogP contribution in [0.25, 0.3) is 11.5 Å². The molecule has 2 aromatic rings. The van der Waals surface area contributed by atoms with Gasteiger partial charge in [0.25, 0.3) is 0 Å². The summed E-state index contributed by atoms with van der Waals surface area (Å²) in [5, 5.41) is 10.3. The van der Waals surface area contributed by atoms with Gasteiger partial charge in [-0.25, -0.2) is 0 Å². The van der Waals surface area contributed by atoms with Gasteiger partial charge < -0.3 is 9.73 Å². The van der Waals surface area contributed by atoms with Crippen molar-refractivity contribution >= 4 is 6.01 Å². The molecule has 1 aliphatic rings. The van der Waals surface area contributed by atoms with Crippen molar-refractivity contribution in [2.24, 2.45) is 0 Å². The van der Waals surface area contributed by atoms with Gasteiger partial charge in [0.05, 0.1) is 11.1 Å². The molecule has 0 spiro atoms. The standard InChI is InChI=1S/C12H10F3N3O/c13-12(14,15)9-4-2-1-3-8(9)10-17-18-11(19-10)16-7-5-6-7/h1-4,7H,5-6H2,(H,16,18). The summed E-state index contributed by atoms with van der Waals surface area (Å²) in [6.07, 6.45) is -2.43. The lowest BCUT2D eigenvalue weighted by molar-refractivity contribution is -0.137. The monoisotopic (exact) mass is 269 g/mol. The molecule has 1 N–H and O–H groups in total. The SMILES string of the molecule is FC(F)(F)c1ccccc1-c1nnc(NC2CC2)o1. The van der Waals surface area contributed by atoms with E-state index in [2.05, 4.69) is 15.5 Å². The summed E-state index contributed by atoms with van der Waals surface area (Å²) in [7, 11) is 0. The summed E-state index contributed by atoms with van der Waals surface area (Å²) in [6, 6.07) is 5.60. The maximum Gasteiger partial charge on any atom is 0.417 e. The molecule has 1 aliphatic carbocycles. The van der Waals surface area contributed by atoms with E-state index in [9.17, 15) is 13.2 Å². The third-order valence-corrected chi connectivity index (χ3v) is 2.79. The Morgan fingerprint density at radius 2 is 1.89 bits per heavy atom. The predicted octanol–water partition coefficient (Wildman–Crippen LogP) is 3.33. The Hall–Kier alpha value is -2.05. The van der Waals surface area contributed by atoms with Crippen LogP contribution in [0.2, 0.25) is 0 Å². The molecule has 7 heteroatoms. The first-order chi connectivity index (χ1) is 9.04. The average Bonchev–Trinajstić information content (AvgIpc) is 3.04. The molecule has 1 aromatic carbocycles. The molecular formula is C12H10F3N3O. The van der Waals surface area contributed by atoms with Crippen LogP contribution in [0.1, 0.15) is 18.4 Å². The second-order valence-corrected chi connectivity index (χ2v) is 4.37. The lowest BCUT2D eigenvalue weighted by Gasteiger charge is -2.09. The van der Waals surface area contributed by atoms with Crippen LogP contribution in [0.4, 0.5) is 19.2 Å². The van der Waals surface area contributed by atoms with E-state index in [-0.39, 0.29) is 17.5 Å². The first-order valence-electron chi connectivity index (χ1n) is 5.80. The molecule has 0 aliphatic heterocycles. The van der Waals surface area contributed by atoms with Crippen molar-refractivity contribution in [1.82, 2.24) is 10.2 Å². The van der Waals surface area contributed by atoms with Crippen LogP contribution in [-0.2, 0) is 6.18 Å². The van der Waals surface area contributed by atoms with Crippen LogP contribution in [-0.4, -0.2) is 16.2 Å². The second kappa shape index (κ2) is 4.25. The number of anilines is 1. The van der Waals surface area contributed by atoms with Gasteiger partial charge in [-0.05, 0) is 25.0 Å². The molecule has 3 rings (SSSR count). The Labute approximate surface area is 106 Å². The third-order valence-electron chi connectivity index (χ3n) is 2.79. The van der Waals surface area contributed by atoms with E-state index < -0.39 is 11.7 Å². The average molecular weight is 269 g/mol. The van der Waals surface area contributed by atoms with E-state index in [1.165, 1.54) is 18.2 Å². The van der Waals surface area contributed by atoms with Crippen LogP contribution in [0.15, 0.2) is 28.7 Å². The topological polar surface area (TPSA) is 51.0 Å². The maximum atomic E-state index is 12.9. The van der Waals surface area contributed by atoms with Crippen LogP contribution < -0.4 is 5.32 Å². The quantitative estimate of drug-likeness (QED) is 0.928. The summed E-state index contributed by atoms with van der Waals surface area (Å²) >= 11 is 0. The Kier molecular flexibility index (Phi) is 2.69. The van der Waals surface area contributed by atoms with Crippen LogP contribution in [0.5, 0.6) is 0 Å². The van der Waals surface area contributed by atoms with Crippen molar-refractivity contribution in [1.29, 1.82) is 0 Å². The van der Waals surface area contributed by atoms with Gasteiger partial charge in [-0.1, -0.05) is 17.2 Å². The predicted molar refractivity (Wildman–Crippen MR) is 61.4 cm³/mol. The summed E-state index contributed by atoms with van der Waals surface area (Å²) in [4.78, 5) is 0. The van der Waals surface area contributed by atoms with E-state index in [1.54, 1.807) is 0 Å². The minimum Gasteiger partial charge on any atom is -0.403 e. The molecule has 0 bridgehead atoms. The van der Waals surface area contributed by atoms with Gasteiger partial charge in [-0.15, -0.1) is 5.10 Å². The number of benzene rings is 1. The van der Waals surface area contributed by atoms with E-state index in [4.69, 9.17) is 4.42 Å². The number of hydrogen-bond donors (Lipinski definition) is 1. The first-order valence-corrected chi connectivity index (χ1v) is 5.80.